The highest BCUT2D eigenvalue weighted by molar-refractivity contribution is 6.91. The van der Waals surface area contributed by atoms with Gasteiger partial charge in [-0.05, 0) is 42.3 Å². The number of aliphatic hydroxyl groups excluding tert-OH is 1. The van der Waals surface area contributed by atoms with E-state index in [0.29, 0.717) is 19.4 Å². The van der Waals surface area contributed by atoms with Gasteiger partial charge in [-0.25, -0.2) is 0 Å². The molecule has 2 aromatic rings. The number of hydrogen-bond acceptors (Lipinski definition) is 5. The number of hydrogen-bond donors (Lipinski definition) is 2. The molecule has 0 radical (unpaired) electrons. The van der Waals surface area contributed by atoms with Gasteiger partial charge in [0.05, 0.1) is 21.3 Å². The summed E-state index contributed by atoms with van der Waals surface area (Å²) in [7, 11) is -0.512. The van der Waals surface area contributed by atoms with E-state index in [2.05, 4.69) is 37.5 Å². The number of aliphatic hydroxyl groups is 1. The Hall–Kier alpha value is -2.68. The second-order valence-electron chi connectivity index (χ2n) is 10.1. The molecule has 2 aromatic carbocycles. The minimum atomic E-state index is -2.17. The Bertz CT molecular complexity index is 1130. The average Bonchev–Trinajstić information content (AvgIpc) is 3.27. The maximum absolute atomic E-state index is 13.6. The van der Waals surface area contributed by atoms with Crippen molar-refractivity contribution in [1.29, 1.82) is 0 Å². The number of anilines is 2. The van der Waals surface area contributed by atoms with Gasteiger partial charge in [0, 0.05) is 42.4 Å². The monoisotopic (exact) mass is 480 g/mol. The summed E-state index contributed by atoms with van der Waals surface area (Å²) in [6, 6.07) is 13.9. The van der Waals surface area contributed by atoms with Crippen molar-refractivity contribution in [2.75, 3.05) is 30.5 Å². The smallest absolute Gasteiger partial charge is 0.261 e. The van der Waals surface area contributed by atoms with Crippen LogP contribution in [0.4, 0.5) is 11.4 Å². The average molecular weight is 481 g/mol. The largest absolute Gasteiger partial charge is 0.497 e. The highest BCUT2D eigenvalue weighted by atomic mass is 28.3. The van der Waals surface area contributed by atoms with Crippen molar-refractivity contribution < 1.29 is 24.2 Å². The molecule has 0 saturated carbocycles. The Morgan fingerprint density at radius 3 is 2.53 bits per heavy atom. The molecule has 3 aliphatic rings. The number of nitrogens with one attached hydrogen (secondary N) is 1. The number of amides is 2. The number of nitrogens with zero attached hydrogens (tertiary/aromatic N) is 1. The van der Waals surface area contributed by atoms with Crippen LogP contribution in [0.25, 0.3) is 0 Å². The first-order valence-electron chi connectivity index (χ1n) is 11.9. The molecule has 0 unspecified atom stereocenters. The molecule has 7 nitrogen and oxygen atoms in total. The third kappa shape index (κ3) is 3.23. The van der Waals surface area contributed by atoms with Crippen LogP contribution >= 0.6 is 0 Å². The second kappa shape index (κ2) is 8.22. The first-order chi connectivity index (χ1) is 16.2. The van der Waals surface area contributed by atoms with E-state index >= 15 is 0 Å². The van der Waals surface area contributed by atoms with Gasteiger partial charge in [0.15, 0.2) is 5.60 Å². The molecule has 8 heteroatoms. The molecule has 2 saturated heterocycles. The summed E-state index contributed by atoms with van der Waals surface area (Å²) in [6.45, 7) is 7.41. The molecule has 0 bridgehead atoms. The molecule has 2 N–H and O–H groups in total. The summed E-state index contributed by atoms with van der Waals surface area (Å²) in [5.74, 6) is 0.629. The number of carbonyl (C=O) groups is 2. The van der Waals surface area contributed by atoms with Crippen LogP contribution in [0.2, 0.25) is 18.6 Å². The summed E-state index contributed by atoms with van der Waals surface area (Å²) in [5.41, 5.74) is 1.29. The third-order valence-electron chi connectivity index (χ3n) is 8.15. The molecule has 0 aromatic heterocycles. The highest BCUT2D eigenvalue weighted by Crippen LogP contribution is 2.59. The summed E-state index contributed by atoms with van der Waals surface area (Å²) in [5, 5.41) is 14.2. The Balaban J connectivity index is 1.58. The zero-order valence-corrected chi connectivity index (χ0v) is 21.1. The van der Waals surface area contributed by atoms with Crippen molar-refractivity contribution in [3.05, 3.63) is 48.0 Å². The molecule has 2 fully saturated rings. The topological polar surface area (TPSA) is 88.1 Å². The molecular weight excluding hydrogens is 448 g/mol. The lowest BCUT2D eigenvalue weighted by Gasteiger charge is -2.37. The van der Waals surface area contributed by atoms with Gasteiger partial charge in [-0.2, -0.15) is 0 Å². The normalized spacial score (nSPS) is 28.1. The summed E-state index contributed by atoms with van der Waals surface area (Å²) in [6.07, 6.45) is 0.764. The fraction of sp³-hybridized carbons (Fsp3) is 0.462. The lowest BCUT2D eigenvalue weighted by atomic mass is 9.82. The van der Waals surface area contributed by atoms with E-state index in [9.17, 15) is 14.7 Å². The van der Waals surface area contributed by atoms with Crippen LogP contribution in [-0.4, -0.2) is 51.4 Å². The molecule has 180 valence electrons. The summed E-state index contributed by atoms with van der Waals surface area (Å²) < 4.78 is 12.1. The van der Waals surface area contributed by atoms with Crippen LogP contribution in [0.5, 0.6) is 5.75 Å². The molecule has 3 aliphatic heterocycles. The first kappa shape index (κ1) is 23.1. The number of benzene rings is 2. The number of carbonyl (C=O) groups excluding carboxylic acids is 2. The van der Waals surface area contributed by atoms with Crippen molar-refractivity contribution in [3.63, 3.8) is 0 Å². The predicted molar refractivity (Wildman–Crippen MR) is 133 cm³/mol. The molecule has 4 atom stereocenters. The van der Waals surface area contributed by atoms with Gasteiger partial charge in [-0.15, -0.1) is 0 Å². The molecule has 1 spiro atoms. The van der Waals surface area contributed by atoms with Crippen molar-refractivity contribution in [2.24, 2.45) is 5.92 Å². The number of β-lactam (4-membered cyclic amide) rings is 1. The Kier molecular flexibility index (Phi) is 5.58. The van der Waals surface area contributed by atoms with Gasteiger partial charge in [0.25, 0.3) is 5.91 Å². The lowest BCUT2D eigenvalue weighted by Crippen LogP contribution is -2.51. The zero-order chi connectivity index (χ0) is 24.3. The van der Waals surface area contributed by atoms with Crippen molar-refractivity contribution in [3.8, 4) is 5.75 Å². The van der Waals surface area contributed by atoms with Crippen LogP contribution in [0.15, 0.2) is 42.5 Å². The highest BCUT2D eigenvalue weighted by Gasteiger charge is 2.64. The van der Waals surface area contributed by atoms with E-state index in [-0.39, 0.29) is 36.0 Å². The first-order valence-corrected chi connectivity index (χ1v) is 15.0. The van der Waals surface area contributed by atoms with Gasteiger partial charge < -0.3 is 24.8 Å². The van der Waals surface area contributed by atoms with Gasteiger partial charge >= 0.3 is 0 Å². The van der Waals surface area contributed by atoms with Gasteiger partial charge in [0.1, 0.15) is 5.75 Å². The van der Waals surface area contributed by atoms with Crippen molar-refractivity contribution in [2.45, 2.75) is 50.1 Å². The Labute approximate surface area is 201 Å². The van der Waals surface area contributed by atoms with Gasteiger partial charge in [0.2, 0.25) is 5.91 Å². The number of fused-ring (bicyclic) bond motifs is 2. The van der Waals surface area contributed by atoms with Crippen LogP contribution in [0.3, 0.4) is 0 Å². The molecule has 34 heavy (non-hydrogen) atoms. The molecule has 5 rings (SSSR count). The molecule has 3 heterocycles. The standard InChI is InChI=1S/C26H32N2O5Si/c1-16-24(34(3,4)19-8-6-18(32-2)7-9-19)22(12-14-29)33-26(16)20-15-17(28-13-11-23(28)30)5-10-21(20)27-25(26)31/h5-10,15-16,22,24,29H,11-14H2,1-4H3,(H,27,31)/t16-,22+,24-,26+/m1/s1. The van der Waals surface area contributed by atoms with E-state index in [0.717, 1.165) is 22.7 Å². The summed E-state index contributed by atoms with van der Waals surface area (Å²) in [4.78, 5) is 27.4. The fourth-order valence-electron chi connectivity index (χ4n) is 6.27. The van der Waals surface area contributed by atoms with Crippen LogP contribution in [0, 0.1) is 5.92 Å². The second-order valence-corrected chi connectivity index (χ2v) is 14.8. The lowest BCUT2D eigenvalue weighted by molar-refractivity contribution is -0.143. The van der Waals surface area contributed by atoms with Crippen molar-refractivity contribution in [1.82, 2.24) is 0 Å². The Morgan fingerprint density at radius 1 is 1.21 bits per heavy atom. The van der Waals surface area contributed by atoms with Crippen LogP contribution in [0.1, 0.15) is 25.3 Å². The maximum Gasteiger partial charge on any atom is 0.261 e. The van der Waals surface area contributed by atoms with E-state index in [4.69, 9.17) is 9.47 Å². The van der Waals surface area contributed by atoms with E-state index in [1.165, 1.54) is 5.19 Å². The van der Waals surface area contributed by atoms with Gasteiger partial charge in [-0.3, -0.25) is 9.59 Å². The number of ether oxygens (including phenoxy) is 2. The summed E-state index contributed by atoms with van der Waals surface area (Å²) >= 11 is 0. The molecule has 0 aliphatic carbocycles. The predicted octanol–water partition coefficient (Wildman–Crippen LogP) is 2.98. The minimum absolute atomic E-state index is 0.00610. The Morgan fingerprint density at radius 2 is 1.94 bits per heavy atom. The third-order valence-corrected chi connectivity index (χ3v) is 12.5. The van der Waals surface area contributed by atoms with Crippen LogP contribution < -0.4 is 20.1 Å². The van der Waals surface area contributed by atoms with Gasteiger partial charge in [-0.1, -0.05) is 37.3 Å². The van der Waals surface area contributed by atoms with Crippen molar-refractivity contribution >= 4 is 36.4 Å². The SMILES string of the molecule is COc1ccc([Si](C)(C)[C@H]2[C@H](CCO)O[C@@]3(C(=O)Nc4ccc(N5CCC5=O)cc43)[C@@H]2C)cc1. The van der Waals surface area contributed by atoms with E-state index in [1.807, 2.05) is 30.3 Å². The zero-order valence-electron chi connectivity index (χ0n) is 20.1. The number of methoxy groups -OCH3 is 1. The quantitative estimate of drug-likeness (QED) is 0.490. The fourth-order valence-corrected chi connectivity index (χ4v) is 10.3. The van der Waals surface area contributed by atoms with E-state index in [1.54, 1.807) is 12.0 Å². The maximum atomic E-state index is 13.6. The van der Waals surface area contributed by atoms with Crippen LogP contribution in [-0.2, 0) is 19.9 Å². The van der Waals surface area contributed by atoms with E-state index < -0.39 is 13.7 Å². The molecular formula is C26H32N2O5Si. The molecule has 2 amide bonds. The number of rotatable bonds is 6. The minimum Gasteiger partial charge on any atom is -0.497 e.